The molecule has 25 heavy (non-hydrogen) atoms. The lowest BCUT2D eigenvalue weighted by molar-refractivity contribution is 0.0695. The molecule has 2 N–H and O–H groups in total. The van der Waals surface area contributed by atoms with E-state index in [0.717, 1.165) is 11.8 Å². The second-order valence-corrected chi connectivity index (χ2v) is 5.32. The van der Waals surface area contributed by atoms with E-state index in [2.05, 4.69) is 18.2 Å². The van der Waals surface area contributed by atoms with Crippen LogP contribution < -0.4 is 4.74 Å². The second-order valence-electron chi connectivity index (χ2n) is 5.32. The van der Waals surface area contributed by atoms with Crippen molar-refractivity contribution in [3.8, 4) is 5.75 Å². The number of rotatable bonds is 3. The van der Waals surface area contributed by atoms with Gasteiger partial charge in [0.15, 0.2) is 0 Å². The molecule has 0 aliphatic carbocycles. The molecule has 0 amide bonds. The van der Waals surface area contributed by atoms with Crippen molar-refractivity contribution >= 4 is 22.7 Å². The SMILES string of the molecule is COc1cccc2ccccc12.Cc1ccc(C(=O)O)cc1C(=O)O. The van der Waals surface area contributed by atoms with Crippen LogP contribution in [0.2, 0.25) is 0 Å². The third kappa shape index (κ3) is 4.35. The van der Waals surface area contributed by atoms with E-state index in [1.807, 2.05) is 24.3 Å². The molecule has 5 nitrogen and oxygen atoms in total. The molecule has 5 heteroatoms. The summed E-state index contributed by atoms with van der Waals surface area (Å²) in [4.78, 5) is 21.1. The van der Waals surface area contributed by atoms with Crippen LogP contribution in [0.4, 0.5) is 0 Å². The molecule has 0 saturated carbocycles. The Hall–Kier alpha value is -3.34. The van der Waals surface area contributed by atoms with Crippen LogP contribution in [0.3, 0.4) is 0 Å². The molecule has 0 saturated heterocycles. The van der Waals surface area contributed by atoms with Gasteiger partial charge in [-0.15, -0.1) is 0 Å². The minimum absolute atomic E-state index is 0.0111. The summed E-state index contributed by atoms with van der Waals surface area (Å²) in [6.45, 7) is 1.62. The molecule has 3 rings (SSSR count). The van der Waals surface area contributed by atoms with Gasteiger partial charge in [0, 0.05) is 5.39 Å². The van der Waals surface area contributed by atoms with Crippen molar-refractivity contribution in [2.24, 2.45) is 0 Å². The molecule has 0 atom stereocenters. The Morgan fingerprint density at radius 2 is 1.56 bits per heavy atom. The van der Waals surface area contributed by atoms with E-state index in [1.54, 1.807) is 14.0 Å². The summed E-state index contributed by atoms with van der Waals surface area (Å²) in [5.74, 6) is -1.30. The number of hydrogen-bond acceptors (Lipinski definition) is 3. The fraction of sp³-hybridized carbons (Fsp3) is 0.100. The van der Waals surface area contributed by atoms with Gasteiger partial charge in [-0.2, -0.15) is 0 Å². The van der Waals surface area contributed by atoms with E-state index in [4.69, 9.17) is 14.9 Å². The molecule has 0 unspecified atom stereocenters. The van der Waals surface area contributed by atoms with Crippen molar-refractivity contribution in [1.82, 2.24) is 0 Å². The lowest BCUT2D eigenvalue weighted by atomic mass is 10.1. The number of aromatic carboxylic acids is 2. The van der Waals surface area contributed by atoms with Gasteiger partial charge in [-0.1, -0.05) is 42.5 Å². The average Bonchev–Trinajstić information content (AvgIpc) is 2.61. The van der Waals surface area contributed by atoms with Gasteiger partial charge in [-0.25, -0.2) is 9.59 Å². The second kappa shape index (κ2) is 7.97. The molecule has 0 aliphatic rings. The third-order valence-electron chi connectivity index (χ3n) is 3.68. The summed E-state index contributed by atoms with van der Waals surface area (Å²) in [7, 11) is 1.70. The Morgan fingerprint density at radius 3 is 2.20 bits per heavy atom. The van der Waals surface area contributed by atoms with Crippen molar-refractivity contribution in [3.63, 3.8) is 0 Å². The Balaban J connectivity index is 0.000000181. The first-order chi connectivity index (χ1) is 11.9. The molecule has 0 aliphatic heterocycles. The standard InChI is InChI=1S/C11H10O.C9H8O4/c1-12-11-8-4-6-9-5-2-3-7-10(9)11;1-5-2-3-6(8(10)11)4-7(5)9(12)13/h2-8H,1H3;2-4H,1H3,(H,10,11)(H,12,13). The Morgan fingerprint density at radius 1 is 0.880 bits per heavy atom. The van der Waals surface area contributed by atoms with Crippen LogP contribution in [0.25, 0.3) is 10.8 Å². The third-order valence-corrected chi connectivity index (χ3v) is 3.68. The first-order valence-corrected chi connectivity index (χ1v) is 7.53. The maximum Gasteiger partial charge on any atom is 0.335 e. The largest absolute Gasteiger partial charge is 0.496 e. The molecule has 0 radical (unpaired) electrons. The van der Waals surface area contributed by atoms with Gasteiger partial charge in [0.1, 0.15) is 5.75 Å². The normalized spacial score (nSPS) is 9.84. The topological polar surface area (TPSA) is 83.8 Å². The van der Waals surface area contributed by atoms with Gasteiger partial charge < -0.3 is 14.9 Å². The highest BCUT2D eigenvalue weighted by Crippen LogP contribution is 2.24. The predicted octanol–water partition coefficient (Wildman–Crippen LogP) is 4.24. The summed E-state index contributed by atoms with van der Waals surface area (Å²) < 4.78 is 5.23. The molecule has 3 aromatic rings. The number of carboxylic acids is 2. The van der Waals surface area contributed by atoms with Crippen molar-refractivity contribution in [1.29, 1.82) is 0 Å². The summed E-state index contributed by atoms with van der Waals surface area (Å²) >= 11 is 0. The first-order valence-electron chi connectivity index (χ1n) is 7.53. The van der Waals surface area contributed by atoms with Crippen molar-refractivity contribution < 1.29 is 24.5 Å². The molecular weight excluding hydrogens is 320 g/mol. The zero-order valence-corrected chi connectivity index (χ0v) is 13.9. The van der Waals surface area contributed by atoms with Crippen molar-refractivity contribution in [2.75, 3.05) is 7.11 Å². The number of carbonyl (C=O) groups is 2. The van der Waals surface area contributed by atoms with Crippen LogP contribution in [0.15, 0.2) is 60.7 Å². The van der Waals surface area contributed by atoms with E-state index in [9.17, 15) is 9.59 Å². The van der Waals surface area contributed by atoms with E-state index < -0.39 is 11.9 Å². The zero-order chi connectivity index (χ0) is 18.4. The van der Waals surface area contributed by atoms with Crippen LogP contribution in [0, 0.1) is 6.92 Å². The first kappa shape index (κ1) is 18.0. The van der Waals surface area contributed by atoms with E-state index in [1.165, 1.54) is 22.9 Å². The van der Waals surface area contributed by atoms with Gasteiger partial charge >= 0.3 is 11.9 Å². The number of aryl methyl sites for hydroxylation is 1. The summed E-state index contributed by atoms with van der Waals surface area (Å²) in [5.41, 5.74) is 0.570. The molecule has 128 valence electrons. The summed E-state index contributed by atoms with van der Waals surface area (Å²) in [6, 6.07) is 18.3. The molecule has 3 aromatic carbocycles. The molecular formula is C20H18O5. The quantitative estimate of drug-likeness (QED) is 0.746. The number of methoxy groups -OCH3 is 1. The van der Waals surface area contributed by atoms with Gasteiger partial charge in [0.05, 0.1) is 18.2 Å². The van der Waals surface area contributed by atoms with Crippen molar-refractivity contribution in [2.45, 2.75) is 6.92 Å². The van der Waals surface area contributed by atoms with Crippen LogP contribution in [0.1, 0.15) is 26.3 Å². The smallest absolute Gasteiger partial charge is 0.335 e. The highest BCUT2D eigenvalue weighted by molar-refractivity contribution is 5.94. The average molecular weight is 338 g/mol. The predicted molar refractivity (Wildman–Crippen MR) is 95.6 cm³/mol. The molecule has 0 fully saturated rings. The van der Waals surface area contributed by atoms with Crippen molar-refractivity contribution in [3.05, 3.63) is 77.4 Å². The van der Waals surface area contributed by atoms with Gasteiger partial charge in [0.25, 0.3) is 0 Å². The summed E-state index contributed by atoms with van der Waals surface area (Å²) in [6.07, 6.45) is 0. The maximum absolute atomic E-state index is 10.6. The monoisotopic (exact) mass is 338 g/mol. The van der Waals surface area contributed by atoms with Gasteiger partial charge in [-0.3, -0.25) is 0 Å². The van der Waals surface area contributed by atoms with Crippen LogP contribution in [-0.2, 0) is 0 Å². The molecule has 0 heterocycles. The van der Waals surface area contributed by atoms with Gasteiger partial charge in [-0.05, 0) is 36.1 Å². The van der Waals surface area contributed by atoms with Gasteiger partial charge in [0.2, 0.25) is 0 Å². The van der Waals surface area contributed by atoms with Crippen LogP contribution in [-0.4, -0.2) is 29.3 Å². The van der Waals surface area contributed by atoms with Crippen LogP contribution in [0.5, 0.6) is 5.75 Å². The van der Waals surface area contributed by atoms with E-state index in [-0.39, 0.29) is 11.1 Å². The number of benzene rings is 3. The lowest BCUT2D eigenvalue weighted by Crippen LogP contribution is -2.03. The Bertz CT molecular complexity index is 910. The highest BCUT2D eigenvalue weighted by Gasteiger charge is 2.10. The lowest BCUT2D eigenvalue weighted by Gasteiger charge is -2.03. The minimum atomic E-state index is -1.12. The molecule has 0 bridgehead atoms. The maximum atomic E-state index is 10.6. The number of fused-ring (bicyclic) bond motifs is 1. The van der Waals surface area contributed by atoms with E-state index in [0.29, 0.717) is 5.56 Å². The molecule has 0 spiro atoms. The number of hydrogen-bond donors (Lipinski definition) is 2. The van der Waals surface area contributed by atoms with Crippen LogP contribution >= 0.6 is 0 Å². The summed E-state index contributed by atoms with van der Waals surface area (Å²) in [5, 5.41) is 19.7. The minimum Gasteiger partial charge on any atom is -0.496 e. The zero-order valence-electron chi connectivity index (χ0n) is 13.9. The fourth-order valence-corrected chi connectivity index (χ4v) is 2.36. The number of carboxylic acid groups (broad SMARTS) is 2. The molecule has 0 aromatic heterocycles. The van der Waals surface area contributed by atoms with E-state index >= 15 is 0 Å². The Labute approximate surface area is 145 Å². The Kier molecular flexibility index (Phi) is 5.74. The number of ether oxygens (including phenoxy) is 1. The fourth-order valence-electron chi connectivity index (χ4n) is 2.36. The highest BCUT2D eigenvalue weighted by atomic mass is 16.5.